The molecule has 1 aromatic rings. The minimum atomic E-state index is -3.20. The first-order valence-electron chi connectivity index (χ1n) is 4.72. The second kappa shape index (κ2) is 3.67. The Balaban J connectivity index is 2.54. The summed E-state index contributed by atoms with van der Waals surface area (Å²) in [4.78, 5) is 11.5. The Morgan fingerprint density at radius 2 is 2.07 bits per heavy atom. The molecule has 4 heteroatoms. The normalized spacial score (nSPS) is 19.5. The fraction of sp³-hybridized carbons (Fsp3) is 0.364. The van der Waals surface area contributed by atoms with E-state index in [1.165, 1.54) is 6.07 Å². The number of aryl methyl sites for hydroxylation is 1. The van der Waals surface area contributed by atoms with Gasteiger partial charge in [-0.05, 0) is 30.5 Å². The molecule has 15 heavy (non-hydrogen) atoms. The lowest BCUT2D eigenvalue weighted by atomic mass is 10.0. The van der Waals surface area contributed by atoms with E-state index < -0.39 is 11.7 Å². The van der Waals surface area contributed by atoms with Crippen molar-refractivity contribution in [1.29, 1.82) is 0 Å². The van der Waals surface area contributed by atoms with Gasteiger partial charge in [-0.15, -0.1) is 0 Å². The zero-order valence-electron chi connectivity index (χ0n) is 7.90. The lowest BCUT2D eigenvalue weighted by Crippen LogP contribution is -2.27. The smallest absolute Gasteiger partial charge is 0.287 e. The summed E-state index contributed by atoms with van der Waals surface area (Å²) in [6, 6.07) is 4.99. The SMILES string of the molecule is O=C1c2cc(Br)ccc2CCCC1(F)F. The molecule has 0 bridgehead atoms. The number of carbonyl (C=O) groups is 1. The molecule has 0 N–H and O–H groups in total. The number of benzene rings is 1. The van der Waals surface area contributed by atoms with E-state index in [2.05, 4.69) is 15.9 Å². The molecular formula is C11H9BrF2O. The third-order valence-corrected chi connectivity index (χ3v) is 3.08. The topological polar surface area (TPSA) is 17.1 Å². The molecule has 1 aliphatic carbocycles. The van der Waals surface area contributed by atoms with Gasteiger partial charge in [0.05, 0.1) is 0 Å². The van der Waals surface area contributed by atoms with Crippen molar-refractivity contribution in [2.24, 2.45) is 0 Å². The number of halogens is 3. The van der Waals surface area contributed by atoms with Crippen LogP contribution in [0.15, 0.2) is 22.7 Å². The van der Waals surface area contributed by atoms with E-state index in [0.29, 0.717) is 17.3 Å². The molecule has 2 rings (SSSR count). The van der Waals surface area contributed by atoms with E-state index in [9.17, 15) is 13.6 Å². The van der Waals surface area contributed by atoms with E-state index in [0.717, 1.165) is 5.56 Å². The summed E-state index contributed by atoms with van der Waals surface area (Å²) in [6.45, 7) is 0. The van der Waals surface area contributed by atoms with Crippen LogP contribution in [-0.2, 0) is 6.42 Å². The van der Waals surface area contributed by atoms with E-state index in [-0.39, 0.29) is 12.0 Å². The fourth-order valence-corrected chi connectivity index (χ4v) is 2.15. The van der Waals surface area contributed by atoms with E-state index in [1.54, 1.807) is 12.1 Å². The molecule has 0 heterocycles. The Bertz CT molecular complexity index is 415. The maximum atomic E-state index is 13.3. The van der Waals surface area contributed by atoms with Crippen molar-refractivity contribution >= 4 is 21.7 Å². The molecule has 0 spiro atoms. The summed E-state index contributed by atoms with van der Waals surface area (Å²) >= 11 is 3.18. The third-order valence-electron chi connectivity index (χ3n) is 2.59. The molecule has 1 nitrogen and oxygen atoms in total. The Hall–Kier alpha value is -0.770. The predicted molar refractivity (Wildman–Crippen MR) is 56.4 cm³/mol. The van der Waals surface area contributed by atoms with Crippen LogP contribution in [-0.4, -0.2) is 11.7 Å². The maximum absolute atomic E-state index is 13.3. The second-order valence-electron chi connectivity index (χ2n) is 3.69. The number of rotatable bonds is 0. The molecule has 0 aliphatic heterocycles. The van der Waals surface area contributed by atoms with Crippen molar-refractivity contribution in [1.82, 2.24) is 0 Å². The quantitative estimate of drug-likeness (QED) is 0.661. The molecule has 0 unspecified atom stereocenters. The van der Waals surface area contributed by atoms with E-state index >= 15 is 0 Å². The van der Waals surface area contributed by atoms with Crippen molar-refractivity contribution < 1.29 is 13.6 Å². The van der Waals surface area contributed by atoms with Crippen LogP contribution in [0.25, 0.3) is 0 Å². The first kappa shape index (κ1) is 10.7. The zero-order valence-corrected chi connectivity index (χ0v) is 9.48. The fourth-order valence-electron chi connectivity index (χ4n) is 1.79. The van der Waals surface area contributed by atoms with Gasteiger partial charge >= 0.3 is 5.92 Å². The van der Waals surface area contributed by atoms with Gasteiger partial charge in [0, 0.05) is 16.5 Å². The molecule has 0 saturated heterocycles. The minimum absolute atomic E-state index is 0.159. The second-order valence-corrected chi connectivity index (χ2v) is 4.60. The molecule has 1 aromatic carbocycles. The average Bonchev–Trinajstić information content (AvgIpc) is 2.27. The van der Waals surface area contributed by atoms with Gasteiger partial charge in [0.25, 0.3) is 0 Å². The number of alkyl halides is 2. The first-order chi connectivity index (χ1) is 7.00. The van der Waals surface area contributed by atoms with Gasteiger partial charge in [-0.2, -0.15) is 8.78 Å². The van der Waals surface area contributed by atoms with Gasteiger partial charge in [-0.1, -0.05) is 22.0 Å². The average molecular weight is 275 g/mol. The van der Waals surface area contributed by atoms with Crippen molar-refractivity contribution in [3.63, 3.8) is 0 Å². The molecule has 0 atom stereocenters. The van der Waals surface area contributed by atoms with Crippen LogP contribution in [0.1, 0.15) is 28.8 Å². The molecule has 80 valence electrons. The molecular weight excluding hydrogens is 266 g/mol. The lowest BCUT2D eigenvalue weighted by Gasteiger charge is -2.12. The monoisotopic (exact) mass is 274 g/mol. The van der Waals surface area contributed by atoms with Crippen LogP contribution in [0.2, 0.25) is 0 Å². The number of Topliss-reactive ketones (excluding diaryl/α,β-unsaturated/α-hetero) is 1. The summed E-state index contributed by atoms with van der Waals surface area (Å²) < 4.78 is 27.3. The first-order valence-corrected chi connectivity index (χ1v) is 5.51. The van der Waals surface area contributed by atoms with E-state index in [4.69, 9.17) is 0 Å². The van der Waals surface area contributed by atoms with Gasteiger partial charge in [0.1, 0.15) is 0 Å². The third kappa shape index (κ3) is 1.95. The summed E-state index contributed by atoms with van der Waals surface area (Å²) in [7, 11) is 0. The molecule has 0 amide bonds. The van der Waals surface area contributed by atoms with Crippen LogP contribution in [0.3, 0.4) is 0 Å². The molecule has 0 radical (unpaired) electrons. The number of ketones is 1. The Kier molecular flexibility index (Phi) is 2.63. The molecule has 1 aliphatic rings. The predicted octanol–water partition coefficient (Wildman–Crippen LogP) is 3.60. The summed E-state index contributed by atoms with van der Waals surface area (Å²) in [5.41, 5.74) is 0.882. The number of carbonyl (C=O) groups excluding carboxylic acids is 1. The molecule has 0 aromatic heterocycles. The standard InChI is InChI=1S/C11H9BrF2O/c12-8-4-3-7-2-1-5-11(13,14)10(15)9(7)6-8/h3-4,6H,1-2,5H2. The highest BCUT2D eigenvalue weighted by atomic mass is 79.9. The van der Waals surface area contributed by atoms with Gasteiger partial charge in [0.15, 0.2) is 0 Å². The van der Waals surface area contributed by atoms with Crippen LogP contribution < -0.4 is 0 Å². The van der Waals surface area contributed by atoms with Crippen LogP contribution in [0, 0.1) is 0 Å². The van der Waals surface area contributed by atoms with Crippen LogP contribution in [0.5, 0.6) is 0 Å². The van der Waals surface area contributed by atoms with Gasteiger partial charge in [-0.3, -0.25) is 4.79 Å². The maximum Gasteiger partial charge on any atom is 0.309 e. The van der Waals surface area contributed by atoms with E-state index in [1.807, 2.05) is 0 Å². The summed E-state index contributed by atoms with van der Waals surface area (Å²) in [6.07, 6.45) is 0.551. The Labute approximate surface area is 94.6 Å². The van der Waals surface area contributed by atoms with Crippen molar-refractivity contribution in [3.8, 4) is 0 Å². The number of hydrogen-bond donors (Lipinski definition) is 0. The van der Waals surface area contributed by atoms with Gasteiger partial charge in [0.2, 0.25) is 5.78 Å². The summed E-state index contributed by atoms with van der Waals surface area (Å²) in [5.74, 6) is -4.25. The highest BCUT2D eigenvalue weighted by molar-refractivity contribution is 9.10. The van der Waals surface area contributed by atoms with Crippen LogP contribution >= 0.6 is 15.9 Å². The van der Waals surface area contributed by atoms with Crippen LogP contribution in [0.4, 0.5) is 8.78 Å². The Morgan fingerprint density at radius 1 is 1.33 bits per heavy atom. The lowest BCUT2D eigenvalue weighted by molar-refractivity contribution is 0.00523. The van der Waals surface area contributed by atoms with Gasteiger partial charge in [-0.25, -0.2) is 0 Å². The van der Waals surface area contributed by atoms with Crippen molar-refractivity contribution in [2.45, 2.75) is 25.2 Å². The van der Waals surface area contributed by atoms with Gasteiger partial charge < -0.3 is 0 Å². The number of fused-ring (bicyclic) bond motifs is 1. The molecule has 0 fully saturated rings. The largest absolute Gasteiger partial charge is 0.309 e. The molecule has 0 saturated carbocycles. The summed E-state index contributed by atoms with van der Waals surface area (Å²) in [5, 5.41) is 0. The highest BCUT2D eigenvalue weighted by Crippen LogP contribution is 2.32. The van der Waals surface area contributed by atoms with Crippen molar-refractivity contribution in [2.75, 3.05) is 0 Å². The van der Waals surface area contributed by atoms with Crippen molar-refractivity contribution in [3.05, 3.63) is 33.8 Å². The minimum Gasteiger partial charge on any atom is -0.287 e. The zero-order chi connectivity index (χ0) is 11.1. The number of hydrogen-bond acceptors (Lipinski definition) is 1. The highest BCUT2D eigenvalue weighted by Gasteiger charge is 2.41. The Morgan fingerprint density at radius 3 is 2.80 bits per heavy atom.